The Hall–Kier alpha value is -0.260. The molecule has 0 aliphatic heterocycles. The molecule has 0 amide bonds. The molecule has 0 rings (SSSR count). The maximum absolute atomic E-state index is 10.3. The Kier molecular flexibility index (Phi) is 13.5. The Labute approximate surface area is 97.9 Å². The van der Waals surface area contributed by atoms with Crippen LogP contribution in [0.15, 0.2) is 0 Å². The molecule has 5 heteroatoms. The maximum Gasteiger partial charge on any atom is 0.303 e. The second-order valence-corrected chi connectivity index (χ2v) is 3.51. The number of carboxylic acids is 1. The van der Waals surface area contributed by atoms with Crippen LogP contribution in [0.1, 0.15) is 39.5 Å². The number of aliphatic carboxylic acids is 1. The number of unbranched alkanes of at least 4 members (excludes halogenated alkanes) is 1. The Morgan fingerprint density at radius 1 is 1.47 bits per heavy atom. The first-order valence-corrected chi connectivity index (χ1v) is 5.27. The molecule has 0 aromatic rings. The van der Waals surface area contributed by atoms with Crippen LogP contribution >= 0.6 is 12.8 Å². The van der Waals surface area contributed by atoms with Gasteiger partial charge in [0.05, 0.1) is 6.10 Å². The predicted octanol–water partition coefficient (Wildman–Crippen LogP) is 2.11. The van der Waals surface area contributed by atoms with Gasteiger partial charge in [0.25, 0.3) is 0 Å². The number of carbonyl (C=O) groups is 1. The van der Waals surface area contributed by atoms with E-state index in [9.17, 15) is 4.79 Å². The summed E-state index contributed by atoms with van der Waals surface area (Å²) in [5, 5.41) is 8.49. The Morgan fingerprint density at radius 3 is 2.60 bits per heavy atom. The van der Waals surface area contributed by atoms with E-state index in [0.29, 0.717) is 6.42 Å². The molecule has 1 unspecified atom stereocenters. The minimum Gasteiger partial charge on any atom is -0.481 e. The molecule has 4 nitrogen and oxygen atoms in total. The zero-order valence-corrected chi connectivity index (χ0v) is 9.43. The van der Waals surface area contributed by atoms with E-state index in [0.717, 1.165) is 25.8 Å². The summed E-state index contributed by atoms with van der Waals surface area (Å²) < 4.78 is 7.95. The second kappa shape index (κ2) is 11.8. The average molecular weight is 237 g/mol. The Bertz CT molecular complexity index is 156. The van der Waals surface area contributed by atoms with E-state index in [1.165, 1.54) is 0 Å². The van der Waals surface area contributed by atoms with Crippen LogP contribution in [0.3, 0.4) is 0 Å². The fourth-order valence-corrected chi connectivity index (χ4v) is 1.40. The third-order valence-electron chi connectivity index (χ3n) is 2.08. The summed E-state index contributed by atoms with van der Waals surface area (Å²) in [5.41, 5.74) is 0. The topological polar surface area (TPSA) is 58.6 Å². The lowest BCUT2D eigenvalue weighted by molar-refractivity contribution is -0.137. The van der Waals surface area contributed by atoms with Crippen LogP contribution in [-0.2, 0) is 9.53 Å². The number of ether oxygens (including phenoxy) is 1. The molecule has 0 aliphatic rings. The average Bonchev–Trinajstić information content (AvgIpc) is 2.16. The van der Waals surface area contributed by atoms with Gasteiger partial charge < -0.3 is 9.84 Å². The summed E-state index contributed by atoms with van der Waals surface area (Å²) in [6, 6.07) is 0. The third-order valence-corrected chi connectivity index (χ3v) is 2.30. The fourth-order valence-electron chi connectivity index (χ4n) is 1.24. The van der Waals surface area contributed by atoms with E-state index in [-0.39, 0.29) is 20.0 Å². The molecule has 0 heterocycles. The fraction of sp³-hybridized carbons (Fsp3) is 0.900. The van der Waals surface area contributed by atoms with Crippen molar-refractivity contribution in [1.82, 2.24) is 4.72 Å². The summed E-state index contributed by atoms with van der Waals surface area (Å²) in [4.78, 5) is 10.3. The summed E-state index contributed by atoms with van der Waals surface area (Å²) >= 11 is 3.88. The first kappa shape index (κ1) is 17.1. The second-order valence-electron chi connectivity index (χ2n) is 3.19. The number of thiol groups is 1. The predicted molar refractivity (Wildman–Crippen MR) is 65.2 cm³/mol. The normalized spacial score (nSPS) is 11.9. The minimum absolute atomic E-state index is 0. The molecular formula is C10H23NO3S. The number of rotatable bonds is 9. The van der Waals surface area contributed by atoms with Crippen molar-refractivity contribution in [3.63, 3.8) is 0 Å². The lowest BCUT2D eigenvalue weighted by atomic mass is 10.1. The largest absolute Gasteiger partial charge is 0.481 e. The van der Waals surface area contributed by atoms with Gasteiger partial charge in [0.15, 0.2) is 0 Å². The molecular weight excluding hydrogens is 214 g/mol. The molecule has 0 fully saturated rings. The summed E-state index contributed by atoms with van der Waals surface area (Å²) in [6.07, 6.45) is 3.84. The molecule has 0 aromatic carbocycles. The van der Waals surface area contributed by atoms with Gasteiger partial charge in [-0.2, -0.15) is 0 Å². The number of carboxylic acid groups (broad SMARTS) is 1. The van der Waals surface area contributed by atoms with E-state index >= 15 is 0 Å². The van der Waals surface area contributed by atoms with Crippen LogP contribution in [0.2, 0.25) is 0 Å². The van der Waals surface area contributed by atoms with Crippen LogP contribution in [0, 0.1) is 0 Å². The van der Waals surface area contributed by atoms with Crippen LogP contribution in [0.4, 0.5) is 0 Å². The zero-order valence-electron chi connectivity index (χ0n) is 8.53. The first-order chi connectivity index (χ1) is 6.70. The van der Waals surface area contributed by atoms with Crippen molar-refractivity contribution >= 4 is 18.8 Å². The van der Waals surface area contributed by atoms with Crippen molar-refractivity contribution in [2.75, 3.05) is 13.7 Å². The first-order valence-electron chi connectivity index (χ1n) is 4.82. The number of hydrogen-bond acceptors (Lipinski definition) is 4. The van der Waals surface area contributed by atoms with Gasteiger partial charge in [-0.15, -0.1) is 0 Å². The molecule has 15 heavy (non-hydrogen) atoms. The Morgan fingerprint density at radius 2 is 2.13 bits per heavy atom. The quantitative estimate of drug-likeness (QED) is 0.424. The standard InChI is InChI=1S/C9H19NO3S.CH4/c1-13-8(5-6-9(11)12)4-2-3-7-10-14;/h8,10,14H,2-7H2,1H3,(H,11,12);1H4. The maximum atomic E-state index is 10.3. The molecule has 0 saturated heterocycles. The van der Waals surface area contributed by atoms with Gasteiger partial charge in [-0.1, -0.05) is 20.2 Å². The van der Waals surface area contributed by atoms with Gasteiger partial charge in [0, 0.05) is 20.1 Å². The zero-order chi connectivity index (χ0) is 10.8. The van der Waals surface area contributed by atoms with E-state index in [4.69, 9.17) is 9.84 Å². The van der Waals surface area contributed by atoms with Crippen molar-refractivity contribution in [1.29, 1.82) is 0 Å². The van der Waals surface area contributed by atoms with E-state index in [1.807, 2.05) is 0 Å². The number of methoxy groups -OCH3 is 1. The highest BCUT2D eigenvalue weighted by Gasteiger charge is 2.08. The SMILES string of the molecule is C.COC(CCCCNS)CCC(=O)O. The highest BCUT2D eigenvalue weighted by molar-refractivity contribution is 7.78. The van der Waals surface area contributed by atoms with Gasteiger partial charge in [-0.05, 0) is 25.7 Å². The van der Waals surface area contributed by atoms with Gasteiger partial charge >= 0.3 is 5.97 Å². The minimum atomic E-state index is -0.760. The molecule has 0 bridgehead atoms. The van der Waals surface area contributed by atoms with Crippen LogP contribution in [0.5, 0.6) is 0 Å². The monoisotopic (exact) mass is 237 g/mol. The van der Waals surface area contributed by atoms with Gasteiger partial charge in [-0.25, -0.2) is 0 Å². The molecule has 0 aromatic heterocycles. The molecule has 0 aliphatic carbocycles. The Balaban J connectivity index is 0. The van der Waals surface area contributed by atoms with Crippen molar-refractivity contribution in [2.45, 2.75) is 45.6 Å². The third kappa shape index (κ3) is 11.7. The van der Waals surface area contributed by atoms with E-state index in [2.05, 4.69) is 17.5 Å². The van der Waals surface area contributed by atoms with Crippen molar-refractivity contribution in [2.24, 2.45) is 0 Å². The number of nitrogens with one attached hydrogen (secondary N) is 1. The molecule has 92 valence electrons. The number of hydrogen-bond donors (Lipinski definition) is 3. The van der Waals surface area contributed by atoms with Crippen molar-refractivity contribution in [3.8, 4) is 0 Å². The van der Waals surface area contributed by atoms with Crippen LogP contribution in [0.25, 0.3) is 0 Å². The highest BCUT2D eigenvalue weighted by atomic mass is 32.1. The molecule has 1 atom stereocenters. The molecule has 0 radical (unpaired) electrons. The van der Waals surface area contributed by atoms with E-state index in [1.54, 1.807) is 7.11 Å². The lowest BCUT2D eigenvalue weighted by Crippen LogP contribution is -2.13. The summed E-state index contributed by atoms with van der Waals surface area (Å²) in [7, 11) is 1.63. The smallest absolute Gasteiger partial charge is 0.303 e. The van der Waals surface area contributed by atoms with Gasteiger partial charge in [0.1, 0.15) is 0 Å². The van der Waals surface area contributed by atoms with Gasteiger partial charge in [0.2, 0.25) is 0 Å². The summed E-state index contributed by atoms with van der Waals surface area (Å²) in [5.74, 6) is -0.760. The van der Waals surface area contributed by atoms with Gasteiger partial charge in [-0.3, -0.25) is 9.52 Å². The summed E-state index contributed by atoms with van der Waals surface area (Å²) in [6.45, 7) is 0.873. The molecule has 0 saturated carbocycles. The van der Waals surface area contributed by atoms with Crippen molar-refractivity contribution in [3.05, 3.63) is 0 Å². The lowest BCUT2D eigenvalue weighted by Gasteiger charge is -2.13. The van der Waals surface area contributed by atoms with Crippen LogP contribution in [-0.4, -0.2) is 30.8 Å². The molecule has 2 N–H and O–H groups in total. The van der Waals surface area contributed by atoms with Crippen molar-refractivity contribution < 1.29 is 14.6 Å². The van der Waals surface area contributed by atoms with Crippen LogP contribution < -0.4 is 4.72 Å². The highest BCUT2D eigenvalue weighted by Crippen LogP contribution is 2.10. The van der Waals surface area contributed by atoms with E-state index < -0.39 is 5.97 Å². The molecule has 0 spiro atoms.